The van der Waals surface area contributed by atoms with Crippen molar-refractivity contribution < 1.29 is 8.81 Å². The summed E-state index contributed by atoms with van der Waals surface area (Å²) in [6.45, 7) is 10.5. The van der Waals surface area contributed by atoms with Gasteiger partial charge in [0.25, 0.3) is 0 Å². The molecule has 1 fully saturated rings. The zero-order valence-corrected chi connectivity index (χ0v) is 19.7. The molecular weight excluding hydrogens is 427 g/mol. The van der Waals surface area contributed by atoms with Gasteiger partial charge in [0.15, 0.2) is 5.89 Å². The Bertz CT molecular complexity index is 1300. The second-order valence-electron chi connectivity index (χ2n) is 9.04. The number of rotatable bonds is 6. The van der Waals surface area contributed by atoms with Gasteiger partial charge in [-0.05, 0) is 62.1 Å². The molecule has 0 spiro atoms. The molecule has 174 valence electrons. The number of allylic oxidation sites excluding steroid dienone is 1. The first-order valence-corrected chi connectivity index (χ1v) is 11.7. The number of oxazole rings is 1. The number of hydrogen-bond acceptors (Lipinski definition) is 4. The summed E-state index contributed by atoms with van der Waals surface area (Å²) >= 11 is 0. The smallest absolute Gasteiger partial charge is 0.197 e. The maximum atomic E-state index is 13.8. The van der Waals surface area contributed by atoms with Crippen LogP contribution in [0.5, 0.6) is 0 Å². The highest BCUT2D eigenvalue weighted by molar-refractivity contribution is 5.69. The average Bonchev–Trinajstić information content (AvgIpc) is 3.48. The Hall–Kier alpha value is -3.67. The van der Waals surface area contributed by atoms with Gasteiger partial charge in [-0.1, -0.05) is 36.9 Å². The van der Waals surface area contributed by atoms with Crippen molar-refractivity contribution >= 4 is 0 Å². The van der Waals surface area contributed by atoms with Gasteiger partial charge in [-0.25, -0.2) is 9.37 Å². The average molecular weight is 457 g/mol. The molecule has 0 saturated carbocycles. The molecular formula is C28H29FN4O. The van der Waals surface area contributed by atoms with Crippen molar-refractivity contribution in [2.24, 2.45) is 0 Å². The van der Waals surface area contributed by atoms with Crippen molar-refractivity contribution in [2.45, 2.75) is 39.2 Å². The molecule has 1 aliphatic rings. The summed E-state index contributed by atoms with van der Waals surface area (Å²) in [6.07, 6.45) is 3.77. The minimum atomic E-state index is -0.205. The molecule has 4 aromatic rings. The van der Waals surface area contributed by atoms with Crippen LogP contribution in [0.3, 0.4) is 0 Å². The fourth-order valence-corrected chi connectivity index (χ4v) is 4.60. The summed E-state index contributed by atoms with van der Waals surface area (Å²) in [5.74, 6) is 1.86. The zero-order chi connectivity index (χ0) is 23.7. The predicted octanol–water partition coefficient (Wildman–Crippen LogP) is 6.35. The van der Waals surface area contributed by atoms with E-state index in [1.54, 1.807) is 19.2 Å². The second kappa shape index (κ2) is 9.29. The maximum Gasteiger partial charge on any atom is 0.197 e. The lowest BCUT2D eigenvalue weighted by molar-refractivity contribution is 0.233. The number of piperidine rings is 1. The van der Waals surface area contributed by atoms with E-state index in [2.05, 4.69) is 34.7 Å². The van der Waals surface area contributed by atoms with Crippen LogP contribution in [0.4, 0.5) is 4.39 Å². The molecule has 0 bridgehead atoms. The molecule has 2 aromatic carbocycles. The van der Waals surface area contributed by atoms with E-state index in [4.69, 9.17) is 9.52 Å². The SMILES string of the molecule is C=C(Cn1nc(-c2ccc(F)c(C)c2)cc1-c1ccccc1)N1CCC(c2ncc(C)o2)CC1. The highest BCUT2D eigenvalue weighted by atomic mass is 19.1. The van der Waals surface area contributed by atoms with E-state index in [9.17, 15) is 4.39 Å². The standard InChI is InChI=1S/C28H29FN4O/c1-19-15-24(9-10-25(19)29)26-16-27(22-7-5-4-6-8-22)33(31-26)18-20(2)32-13-11-23(12-14-32)28-30-17-21(3)34-28/h4-10,15-17,23H,2,11-14,18H2,1,3H3. The lowest BCUT2D eigenvalue weighted by Gasteiger charge is -2.33. The number of likely N-dealkylation sites (tertiary alicyclic amines) is 1. The third-order valence-electron chi connectivity index (χ3n) is 6.57. The molecule has 0 radical (unpaired) electrons. The van der Waals surface area contributed by atoms with E-state index in [1.807, 2.05) is 35.9 Å². The van der Waals surface area contributed by atoms with Crippen molar-refractivity contribution in [1.82, 2.24) is 19.7 Å². The molecule has 6 heteroatoms. The van der Waals surface area contributed by atoms with E-state index >= 15 is 0 Å². The van der Waals surface area contributed by atoms with Crippen LogP contribution in [-0.2, 0) is 6.54 Å². The summed E-state index contributed by atoms with van der Waals surface area (Å²) < 4.78 is 21.6. The first kappa shape index (κ1) is 22.1. The van der Waals surface area contributed by atoms with Crippen LogP contribution in [0.25, 0.3) is 22.5 Å². The molecule has 1 saturated heterocycles. The fraction of sp³-hybridized carbons (Fsp3) is 0.286. The quantitative estimate of drug-likeness (QED) is 0.339. The van der Waals surface area contributed by atoms with E-state index in [-0.39, 0.29) is 5.82 Å². The summed E-state index contributed by atoms with van der Waals surface area (Å²) in [5.41, 5.74) is 5.48. The minimum Gasteiger partial charge on any atom is -0.446 e. The number of benzene rings is 2. The van der Waals surface area contributed by atoms with Crippen molar-refractivity contribution in [1.29, 1.82) is 0 Å². The largest absolute Gasteiger partial charge is 0.446 e. The molecule has 5 nitrogen and oxygen atoms in total. The van der Waals surface area contributed by atoms with Crippen LogP contribution >= 0.6 is 0 Å². The van der Waals surface area contributed by atoms with Crippen LogP contribution in [0.15, 0.2) is 77.5 Å². The first-order valence-electron chi connectivity index (χ1n) is 11.7. The first-order chi connectivity index (χ1) is 16.5. The summed E-state index contributed by atoms with van der Waals surface area (Å²) in [5, 5.41) is 4.91. The molecule has 5 rings (SSSR count). The van der Waals surface area contributed by atoms with E-state index in [0.717, 1.165) is 65.8 Å². The fourth-order valence-electron chi connectivity index (χ4n) is 4.60. The van der Waals surface area contributed by atoms with Gasteiger partial charge in [0.05, 0.1) is 24.1 Å². The Morgan fingerprint density at radius 3 is 2.50 bits per heavy atom. The van der Waals surface area contributed by atoms with Gasteiger partial charge >= 0.3 is 0 Å². The normalized spacial score (nSPS) is 14.5. The predicted molar refractivity (Wildman–Crippen MR) is 132 cm³/mol. The number of hydrogen-bond donors (Lipinski definition) is 0. The Kier molecular flexibility index (Phi) is 6.05. The van der Waals surface area contributed by atoms with Gasteiger partial charge in [0.2, 0.25) is 0 Å². The third-order valence-corrected chi connectivity index (χ3v) is 6.57. The molecule has 34 heavy (non-hydrogen) atoms. The lowest BCUT2D eigenvalue weighted by Crippen LogP contribution is -2.33. The number of aryl methyl sites for hydroxylation is 2. The molecule has 0 aliphatic carbocycles. The van der Waals surface area contributed by atoms with Gasteiger partial charge in [-0.3, -0.25) is 4.68 Å². The second-order valence-corrected chi connectivity index (χ2v) is 9.04. The van der Waals surface area contributed by atoms with Crippen molar-refractivity contribution in [3.05, 3.63) is 96.1 Å². The van der Waals surface area contributed by atoms with Crippen molar-refractivity contribution in [2.75, 3.05) is 13.1 Å². The van der Waals surface area contributed by atoms with Crippen LogP contribution in [0, 0.1) is 19.7 Å². The van der Waals surface area contributed by atoms with Crippen LogP contribution < -0.4 is 0 Å². The van der Waals surface area contributed by atoms with Crippen molar-refractivity contribution in [3.63, 3.8) is 0 Å². The molecule has 0 atom stereocenters. The van der Waals surface area contributed by atoms with Crippen LogP contribution in [-0.4, -0.2) is 32.8 Å². The topological polar surface area (TPSA) is 47.1 Å². The maximum absolute atomic E-state index is 13.8. The third kappa shape index (κ3) is 4.53. The summed E-state index contributed by atoms with van der Waals surface area (Å²) in [7, 11) is 0. The Labute approximate surface area is 199 Å². The molecule has 0 N–H and O–H groups in total. The van der Waals surface area contributed by atoms with Crippen LogP contribution in [0.2, 0.25) is 0 Å². The lowest BCUT2D eigenvalue weighted by atomic mass is 9.96. The van der Waals surface area contributed by atoms with E-state index in [0.29, 0.717) is 18.0 Å². The Morgan fingerprint density at radius 2 is 1.82 bits per heavy atom. The highest BCUT2D eigenvalue weighted by Crippen LogP contribution is 2.31. The minimum absolute atomic E-state index is 0.205. The molecule has 0 unspecified atom stereocenters. The molecule has 2 aromatic heterocycles. The Balaban J connectivity index is 1.36. The monoisotopic (exact) mass is 456 g/mol. The van der Waals surface area contributed by atoms with Crippen molar-refractivity contribution in [3.8, 4) is 22.5 Å². The molecule has 1 aliphatic heterocycles. The van der Waals surface area contributed by atoms with Gasteiger partial charge in [-0.2, -0.15) is 5.10 Å². The zero-order valence-electron chi connectivity index (χ0n) is 19.7. The van der Waals surface area contributed by atoms with Gasteiger partial charge in [-0.15, -0.1) is 0 Å². The summed E-state index contributed by atoms with van der Waals surface area (Å²) in [4.78, 5) is 6.76. The molecule has 0 amide bonds. The van der Waals surface area contributed by atoms with Gasteiger partial charge in [0.1, 0.15) is 11.6 Å². The highest BCUT2D eigenvalue weighted by Gasteiger charge is 2.25. The van der Waals surface area contributed by atoms with Gasteiger partial charge < -0.3 is 9.32 Å². The number of aromatic nitrogens is 3. The molecule has 3 heterocycles. The van der Waals surface area contributed by atoms with E-state index < -0.39 is 0 Å². The van der Waals surface area contributed by atoms with E-state index in [1.165, 1.54) is 6.07 Å². The number of halogens is 1. The van der Waals surface area contributed by atoms with Crippen LogP contribution in [0.1, 0.15) is 36.0 Å². The van der Waals surface area contributed by atoms with Gasteiger partial charge in [0, 0.05) is 30.3 Å². The Morgan fingerprint density at radius 1 is 1.06 bits per heavy atom. The number of nitrogens with zero attached hydrogens (tertiary/aromatic N) is 4. The summed E-state index contributed by atoms with van der Waals surface area (Å²) in [6, 6.07) is 17.4.